The number of rotatable bonds is 11. The van der Waals surface area contributed by atoms with Gasteiger partial charge in [0.1, 0.15) is 0 Å². The first-order chi connectivity index (χ1) is 14.0. The fourth-order valence-corrected chi connectivity index (χ4v) is 1.54. The van der Waals surface area contributed by atoms with E-state index in [0.29, 0.717) is 0 Å². The molecule has 0 aromatic carbocycles. The van der Waals surface area contributed by atoms with Crippen molar-refractivity contribution in [1.29, 1.82) is 0 Å². The second-order valence-electron chi connectivity index (χ2n) is 5.72. The van der Waals surface area contributed by atoms with Crippen LogP contribution in [0.4, 0.5) is 52.7 Å². The number of hydrogen-bond donors (Lipinski definition) is 3. The first-order valence-corrected chi connectivity index (χ1v) is 7.40. The standard InChI is InChI=1S/C14H10F12O6/c15-8(16)11(19,20)14(25,26)32-7(29)3-5-10(30,31)13(23,24)12(21,22)9(17,18)4-1-2-6(27)28/h1-3,5,8,30-31H,4H2,(H,27,28). The predicted molar refractivity (Wildman–Crippen MR) is 74.5 cm³/mol. The second kappa shape index (κ2) is 9.16. The number of carboxylic acids is 1. The Bertz CT molecular complexity index is 759. The minimum atomic E-state index is -6.72. The third kappa shape index (κ3) is 5.84. The van der Waals surface area contributed by atoms with Crippen LogP contribution in [0, 0.1) is 0 Å². The monoisotopic (exact) mass is 502 g/mol. The number of alkyl halides is 12. The van der Waals surface area contributed by atoms with Crippen molar-refractivity contribution in [2.45, 2.75) is 48.4 Å². The second-order valence-corrected chi connectivity index (χ2v) is 5.72. The summed E-state index contributed by atoms with van der Waals surface area (Å²) in [5.41, 5.74) is 0. The van der Waals surface area contributed by atoms with E-state index in [4.69, 9.17) is 15.3 Å². The van der Waals surface area contributed by atoms with E-state index in [1.54, 1.807) is 0 Å². The van der Waals surface area contributed by atoms with Gasteiger partial charge >= 0.3 is 48.2 Å². The largest absolute Gasteiger partial charge is 0.478 e. The molecule has 0 aliphatic heterocycles. The maximum Gasteiger partial charge on any atom is 0.472 e. The highest BCUT2D eigenvalue weighted by Gasteiger charge is 2.77. The number of esters is 1. The van der Waals surface area contributed by atoms with Crippen molar-refractivity contribution in [1.82, 2.24) is 0 Å². The van der Waals surface area contributed by atoms with Crippen LogP contribution in [-0.4, -0.2) is 69.3 Å². The van der Waals surface area contributed by atoms with Crippen LogP contribution in [0.25, 0.3) is 0 Å². The van der Waals surface area contributed by atoms with Crippen molar-refractivity contribution >= 4 is 11.9 Å². The van der Waals surface area contributed by atoms with Gasteiger partial charge in [-0.05, 0) is 6.08 Å². The highest BCUT2D eigenvalue weighted by Crippen LogP contribution is 2.51. The third-order valence-electron chi connectivity index (χ3n) is 3.29. The van der Waals surface area contributed by atoms with Crippen LogP contribution in [0.2, 0.25) is 0 Å². The number of halogens is 12. The first-order valence-electron chi connectivity index (χ1n) is 7.40. The number of aliphatic carboxylic acids is 1. The number of carboxylic acid groups (broad SMARTS) is 1. The van der Waals surface area contributed by atoms with Crippen LogP contribution in [0.15, 0.2) is 24.3 Å². The third-order valence-corrected chi connectivity index (χ3v) is 3.29. The first kappa shape index (κ1) is 29.5. The Morgan fingerprint density at radius 2 is 1.31 bits per heavy atom. The van der Waals surface area contributed by atoms with Crippen LogP contribution < -0.4 is 0 Å². The lowest BCUT2D eigenvalue weighted by atomic mass is 9.94. The quantitative estimate of drug-likeness (QED) is 0.174. The lowest BCUT2D eigenvalue weighted by Crippen LogP contribution is -2.64. The topological polar surface area (TPSA) is 104 Å². The maximum atomic E-state index is 13.7. The molecule has 18 heteroatoms. The lowest BCUT2D eigenvalue weighted by molar-refractivity contribution is -0.384. The SMILES string of the molecule is O=C(O)C=CCC(F)(F)C(F)(F)C(F)(F)C(O)(O)C=CC(=O)OC(F)(F)C(F)(F)C(F)F. The van der Waals surface area contributed by atoms with E-state index in [9.17, 15) is 62.3 Å². The average Bonchev–Trinajstić information content (AvgIpc) is 2.58. The van der Waals surface area contributed by atoms with Gasteiger partial charge in [-0.2, -0.15) is 43.9 Å². The number of hydrogen-bond acceptors (Lipinski definition) is 5. The molecule has 0 rings (SSSR count). The summed E-state index contributed by atoms with van der Waals surface area (Å²) in [6.07, 6.45) is -16.5. The van der Waals surface area contributed by atoms with Crippen LogP contribution in [0.5, 0.6) is 0 Å². The van der Waals surface area contributed by atoms with Gasteiger partial charge in [0, 0.05) is 18.6 Å². The summed E-state index contributed by atoms with van der Waals surface area (Å²) in [4.78, 5) is 21.0. The molecule has 0 heterocycles. The van der Waals surface area contributed by atoms with Gasteiger partial charge in [0.15, 0.2) is 0 Å². The summed E-state index contributed by atoms with van der Waals surface area (Å²) < 4.78 is 158. The van der Waals surface area contributed by atoms with Crippen molar-refractivity contribution in [3.63, 3.8) is 0 Å². The van der Waals surface area contributed by atoms with Crippen molar-refractivity contribution in [2.24, 2.45) is 0 Å². The Kier molecular flexibility index (Phi) is 8.45. The van der Waals surface area contributed by atoms with Crippen molar-refractivity contribution in [3.8, 4) is 0 Å². The summed E-state index contributed by atoms with van der Waals surface area (Å²) in [7, 11) is 0. The number of carbonyl (C=O) groups excluding carboxylic acids is 1. The minimum absolute atomic E-state index is 0.154. The van der Waals surface area contributed by atoms with E-state index < -0.39 is 72.5 Å². The smallest absolute Gasteiger partial charge is 0.472 e. The van der Waals surface area contributed by atoms with E-state index in [-0.39, 0.29) is 12.2 Å². The van der Waals surface area contributed by atoms with Crippen LogP contribution in [0.1, 0.15) is 6.42 Å². The molecule has 186 valence electrons. The maximum absolute atomic E-state index is 13.7. The Morgan fingerprint density at radius 3 is 1.72 bits per heavy atom. The summed E-state index contributed by atoms with van der Waals surface area (Å²) in [5, 5.41) is 26.1. The molecule has 0 aliphatic rings. The van der Waals surface area contributed by atoms with Crippen LogP contribution in [0.3, 0.4) is 0 Å². The van der Waals surface area contributed by atoms with E-state index in [2.05, 4.69) is 4.74 Å². The zero-order chi connectivity index (χ0) is 26.0. The molecule has 0 saturated heterocycles. The summed E-state index contributed by atoms with van der Waals surface area (Å²) in [6.45, 7) is 0. The Morgan fingerprint density at radius 1 is 0.844 bits per heavy atom. The molecule has 0 aromatic heterocycles. The van der Waals surface area contributed by atoms with Gasteiger partial charge in [-0.1, -0.05) is 6.08 Å². The number of ether oxygens (including phenoxy) is 1. The number of aliphatic hydroxyl groups is 2. The molecule has 0 saturated carbocycles. The molecule has 0 fully saturated rings. The molecule has 32 heavy (non-hydrogen) atoms. The molecule has 0 amide bonds. The van der Waals surface area contributed by atoms with Crippen LogP contribution >= 0.6 is 0 Å². The number of carbonyl (C=O) groups is 2. The highest BCUT2D eigenvalue weighted by molar-refractivity contribution is 5.82. The molecule has 0 spiro atoms. The molecule has 6 nitrogen and oxygen atoms in total. The van der Waals surface area contributed by atoms with Gasteiger partial charge in [-0.3, -0.25) is 0 Å². The van der Waals surface area contributed by atoms with E-state index in [1.807, 2.05) is 0 Å². The van der Waals surface area contributed by atoms with Crippen molar-refractivity contribution < 1.29 is 82.3 Å². The van der Waals surface area contributed by atoms with E-state index in [1.165, 1.54) is 0 Å². The van der Waals surface area contributed by atoms with Gasteiger partial charge in [-0.15, -0.1) is 0 Å². The summed E-state index contributed by atoms with van der Waals surface area (Å²) in [6, 6.07) is 0. The van der Waals surface area contributed by atoms with Gasteiger partial charge in [-0.25, -0.2) is 18.4 Å². The zero-order valence-corrected chi connectivity index (χ0v) is 14.7. The molecule has 0 aromatic rings. The fraction of sp³-hybridized carbons (Fsp3) is 0.571. The minimum Gasteiger partial charge on any atom is -0.478 e. The normalized spacial score (nSPS) is 15.1. The van der Waals surface area contributed by atoms with E-state index in [0.717, 1.165) is 0 Å². The molecule has 0 unspecified atom stereocenters. The molecule has 0 aliphatic carbocycles. The average molecular weight is 502 g/mol. The molecule has 0 bridgehead atoms. The lowest BCUT2D eigenvalue weighted by Gasteiger charge is -2.37. The van der Waals surface area contributed by atoms with Crippen LogP contribution in [-0.2, 0) is 14.3 Å². The molecular formula is C14H10F12O6. The number of allylic oxidation sites excluding steroid dienone is 1. The molecule has 3 N–H and O–H groups in total. The molecule has 0 radical (unpaired) electrons. The van der Waals surface area contributed by atoms with Crippen molar-refractivity contribution in [2.75, 3.05) is 0 Å². The van der Waals surface area contributed by atoms with Gasteiger partial charge in [0.25, 0.3) is 5.79 Å². The predicted octanol–water partition coefficient (Wildman–Crippen LogP) is 3.20. The highest BCUT2D eigenvalue weighted by atomic mass is 19.4. The molecule has 0 atom stereocenters. The zero-order valence-electron chi connectivity index (χ0n) is 14.7. The van der Waals surface area contributed by atoms with Gasteiger partial charge in [0.2, 0.25) is 0 Å². The van der Waals surface area contributed by atoms with Crippen molar-refractivity contribution in [3.05, 3.63) is 24.3 Å². The molecular weight excluding hydrogens is 492 g/mol. The Hall–Kier alpha value is -2.50. The fourth-order valence-electron chi connectivity index (χ4n) is 1.54. The van der Waals surface area contributed by atoms with Gasteiger partial charge in [0.05, 0.1) is 0 Å². The van der Waals surface area contributed by atoms with Gasteiger partial charge < -0.3 is 20.1 Å². The summed E-state index contributed by atoms with van der Waals surface area (Å²) >= 11 is 0. The summed E-state index contributed by atoms with van der Waals surface area (Å²) in [5.74, 6) is -36.0. The Labute approximate surface area is 168 Å². The Balaban J connectivity index is 5.77. The van der Waals surface area contributed by atoms with E-state index >= 15 is 0 Å².